The molecule has 0 radical (unpaired) electrons. The van der Waals surface area contributed by atoms with Crippen LogP contribution < -0.4 is 11.5 Å². The van der Waals surface area contributed by atoms with Crippen LogP contribution in [0.4, 0.5) is 0 Å². The number of unbranched alkanes of at least 4 members (excludes halogenated alkanes) is 1. The summed E-state index contributed by atoms with van der Waals surface area (Å²) in [7, 11) is 0. The molecular formula is C13H25N3O2. The fraction of sp³-hybridized carbons (Fsp3) is 0.846. The van der Waals surface area contributed by atoms with Crippen LogP contribution >= 0.6 is 0 Å². The van der Waals surface area contributed by atoms with Crippen LogP contribution in [-0.2, 0) is 9.59 Å². The van der Waals surface area contributed by atoms with Crippen molar-refractivity contribution in [1.82, 2.24) is 4.90 Å². The van der Waals surface area contributed by atoms with Gasteiger partial charge in [0, 0.05) is 12.6 Å². The molecule has 1 aliphatic carbocycles. The van der Waals surface area contributed by atoms with E-state index in [0.29, 0.717) is 6.54 Å². The van der Waals surface area contributed by atoms with E-state index in [1.807, 2.05) is 6.92 Å². The number of carbonyl (C=O) groups excluding carboxylic acids is 2. The number of nitrogens with two attached hydrogens (primary N) is 2. The van der Waals surface area contributed by atoms with Crippen molar-refractivity contribution in [2.45, 2.75) is 52.0 Å². The Balaban J connectivity index is 2.77. The largest absolute Gasteiger partial charge is 0.368 e. The van der Waals surface area contributed by atoms with E-state index in [4.69, 9.17) is 11.5 Å². The van der Waals surface area contributed by atoms with Crippen molar-refractivity contribution >= 4 is 11.8 Å². The van der Waals surface area contributed by atoms with Crippen LogP contribution in [0.5, 0.6) is 0 Å². The third kappa shape index (κ3) is 3.22. The number of primary amides is 1. The van der Waals surface area contributed by atoms with Crippen molar-refractivity contribution in [3.8, 4) is 0 Å². The highest BCUT2D eigenvalue weighted by Gasteiger charge is 2.45. The predicted molar refractivity (Wildman–Crippen MR) is 70.6 cm³/mol. The van der Waals surface area contributed by atoms with Gasteiger partial charge in [0.25, 0.3) is 0 Å². The first-order valence-corrected chi connectivity index (χ1v) is 6.75. The Kier molecular flexibility index (Phi) is 5.14. The van der Waals surface area contributed by atoms with Crippen LogP contribution in [-0.4, -0.2) is 35.8 Å². The number of hydrogen-bond donors (Lipinski definition) is 2. The summed E-state index contributed by atoms with van der Waals surface area (Å²) in [6.07, 6.45) is 4.51. The zero-order chi connectivity index (χ0) is 13.8. The van der Waals surface area contributed by atoms with Crippen molar-refractivity contribution in [3.05, 3.63) is 0 Å². The Hall–Kier alpha value is -1.10. The lowest BCUT2D eigenvalue weighted by atomic mass is 9.83. The molecule has 0 heterocycles. The first kappa shape index (κ1) is 15.0. The quantitative estimate of drug-likeness (QED) is 0.729. The molecule has 18 heavy (non-hydrogen) atoms. The molecule has 4 N–H and O–H groups in total. The fourth-order valence-corrected chi connectivity index (χ4v) is 2.61. The molecule has 1 saturated carbocycles. The van der Waals surface area contributed by atoms with E-state index in [2.05, 4.69) is 6.92 Å². The van der Waals surface area contributed by atoms with E-state index >= 15 is 0 Å². The summed E-state index contributed by atoms with van der Waals surface area (Å²) in [6, 6.07) is -0.109. The molecule has 1 rings (SSSR count). The molecule has 2 unspecified atom stereocenters. The maximum atomic E-state index is 12.6. The second-order valence-corrected chi connectivity index (χ2v) is 5.46. The van der Waals surface area contributed by atoms with E-state index < -0.39 is 11.3 Å². The van der Waals surface area contributed by atoms with Gasteiger partial charge in [0.05, 0.1) is 12.0 Å². The summed E-state index contributed by atoms with van der Waals surface area (Å²) in [5.41, 5.74) is 10.7. The van der Waals surface area contributed by atoms with Gasteiger partial charge in [-0.05, 0) is 26.2 Å². The average Bonchev–Trinajstić information content (AvgIpc) is 2.65. The zero-order valence-electron chi connectivity index (χ0n) is 11.4. The number of rotatable bonds is 6. The minimum absolute atomic E-state index is 0.00113. The lowest BCUT2D eigenvalue weighted by Crippen LogP contribution is -2.51. The summed E-state index contributed by atoms with van der Waals surface area (Å²) in [5, 5.41) is 0. The highest BCUT2D eigenvalue weighted by Crippen LogP contribution is 2.38. The number of amides is 2. The van der Waals surface area contributed by atoms with E-state index in [1.54, 1.807) is 4.90 Å². The standard InChI is InChI=1S/C13H25N3O2/c1-3-4-8-16(9-11(15)17)12(18)13(2)7-5-6-10(13)14/h10H,3-9,14H2,1-2H3,(H2,15,17). The van der Waals surface area contributed by atoms with Crippen molar-refractivity contribution in [2.24, 2.45) is 16.9 Å². The van der Waals surface area contributed by atoms with Crippen LogP contribution in [0.25, 0.3) is 0 Å². The van der Waals surface area contributed by atoms with Gasteiger partial charge in [0.2, 0.25) is 11.8 Å². The van der Waals surface area contributed by atoms with Crippen LogP contribution in [0.3, 0.4) is 0 Å². The van der Waals surface area contributed by atoms with E-state index in [0.717, 1.165) is 32.1 Å². The number of nitrogens with zero attached hydrogens (tertiary/aromatic N) is 1. The first-order chi connectivity index (χ1) is 8.41. The van der Waals surface area contributed by atoms with Crippen LogP contribution in [0, 0.1) is 5.41 Å². The van der Waals surface area contributed by atoms with Gasteiger partial charge < -0.3 is 16.4 Å². The van der Waals surface area contributed by atoms with Gasteiger partial charge >= 0.3 is 0 Å². The summed E-state index contributed by atoms with van der Waals surface area (Å²) in [4.78, 5) is 25.2. The third-order valence-electron chi connectivity index (χ3n) is 3.93. The SMILES string of the molecule is CCCCN(CC(N)=O)C(=O)C1(C)CCCC1N. The topological polar surface area (TPSA) is 89.4 Å². The normalized spacial score (nSPS) is 27.2. The van der Waals surface area contributed by atoms with Gasteiger partial charge in [-0.2, -0.15) is 0 Å². The van der Waals surface area contributed by atoms with Gasteiger partial charge in [-0.25, -0.2) is 0 Å². The van der Waals surface area contributed by atoms with Gasteiger partial charge in [-0.3, -0.25) is 9.59 Å². The molecule has 0 bridgehead atoms. The van der Waals surface area contributed by atoms with E-state index in [1.165, 1.54) is 0 Å². The lowest BCUT2D eigenvalue weighted by Gasteiger charge is -2.34. The third-order valence-corrected chi connectivity index (χ3v) is 3.93. The van der Waals surface area contributed by atoms with Crippen molar-refractivity contribution in [3.63, 3.8) is 0 Å². The molecule has 2 amide bonds. The van der Waals surface area contributed by atoms with E-state index in [9.17, 15) is 9.59 Å². The molecule has 0 spiro atoms. The monoisotopic (exact) mass is 255 g/mol. The Labute approximate surface area is 109 Å². The molecule has 5 heteroatoms. The molecular weight excluding hydrogens is 230 g/mol. The molecule has 1 aliphatic rings. The molecule has 5 nitrogen and oxygen atoms in total. The average molecular weight is 255 g/mol. The lowest BCUT2D eigenvalue weighted by molar-refractivity contribution is -0.144. The predicted octanol–water partition coefficient (Wildman–Crippen LogP) is 0.618. The second kappa shape index (κ2) is 6.18. The molecule has 0 aromatic heterocycles. The minimum Gasteiger partial charge on any atom is -0.368 e. The molecule has 0 aromatic carbocycles. The summed E-state index contributed by atoms with van der Waals surface area (Å²) < 4.78 is 0. The second-order valence-electron chi connectivity index (χ2n) is 5.46. The number of hydrogen-bond acceptors (Lipinski definition) is 3. The van der Waals surface area contributed by atoms with Gasteiger partial charge in [0.1, 0.15) is 0 Å². The Morgan fingerprint density at radius 3 is 2.56 bits per heavy atom. The Morgan fingerprint density at radius 1 is 1.44 bits per heavy atom. The maximum Gasteiger partial charge on any atom is 0.237 e. The zero-order valence-corrected chi connectivity index (χ0v) is 11.4. The molecule has 0 aromatic rings. The highest BCUT2D eigenvalue weighted by molar-refractivity contribution is 5.88. The highest BCUT2D eigenvalue weighted by atomic mass is 16.2. The summed E-state index contributed by atoms with van der Waals surface area (Å²) in [6.45, 7) is 4.55. The van der Waals surface area contributed by atoms with E-state index in [-0.39, 0.29) is 18.5 Å². The Bertz CT molecular complexity index is 319. The Morgan fingerprint density at radius 2 is 2.11 bits per heavy atom. The van der Waals surface area contributed by atoms with Crippen molar-refractivity contribution in [1.29, 1.82) is 0 Å². The smallest absolute Gasteiger partial charge is 0.237 e. The number of carbonyl (C=O) groups is 2. The minimum atomic E-state index is -0.525. The van der Waals surface area contributed by atoms with Crippen LogP contribution in [0.2, 0.25) is 0 Å². The maximum absolute atomic E-state index is 12.6. The van der Waals surface area contributed by atoms with Gasteiger partial charge in [-0.1, -0.05) is 19.8 Å². The van der Waals surface area contributed by atoms with Gasteiger partial charge in [-0.15, -0.1) is 0 Å². The molecule has 104 valence electrons. The van der Waals surface area contributed by atoms with Crippen molar-refractivity contribution in [2.75, 3.05) is 13.1 Å². The first-order valence-electron chi connectivity index (χ1n) is 6.75. The van der Waals surface area contributed by atoms with Crippen LogP contribution in [0.1, 0.15) is 46.0 Å². The summed E-state index contributed by atoms with van der Waals surface area (Å²) in [5.74, 6) is -0.477. The van der Waals surface area contributed by atoms with Gasteiger partial charge in [0.15, 0.2) is 0 Å². The molecule has 0 aliphatic heterocycles. The summed E-state index contributed by atoms with van der Waals surface area (Å²) >= 11 is 0. The molecule has 1 fully saturated rings. The van der Waals surface area contributed by atoms with Crippen LogP contribution in [0.15, 0.2) is 0 Å². The molecule has 2 atom stereocenters. The van der Waals surface area contributed by atoms with Crippen molar-refractivity contribution < 1.29 is 9.59 Å². The fourth-order valence-electron chi connectivity index (χ4n) is 2.61. The molecule has 0 saturated heterocycles.